The maximum Gasteiger partial charge on any atom is 0.243 e. The summed E-state index contributed by atoms with van der Waals surface area (Å²) in [5.41, 5.74) is 3.46. The van der Waals surface area contributed by atoms with Crippen molar-refractivity contribution in [2.45, 2.75) is 58.5 Å². The zero-order chi connectivity index (χ0) is 21.2. The van der Waals surface area contributed by atoms with Gasteiger partial charge in [0.2, 0.25) is 11.8 Å². The van der Waals surface area contributed by atoms with Crippen LogP contribution in [0.5, 0.6) is 0 Å². The molecule has 0 fully saturated rings. The summed E-state index contributed by atoms with van der Waals surface area (Å²) in [5, 5.41) is 2.96. The van der Waals surface area contributed by atoms with Crippen molar-refractivity contribution in [2.24, 2.45) is 0 Å². The lowest BCUT2D eigenvalue weighted by Gasteiger charge is -2.31. The average molecular weight is 413 g/mol. The van der Waals surface area contributed by atoms with Gasteiger partial charge >= 0.3 is 0 Å². The molecule has 156 valence electrons. The zero-order valence-electron chi connectivity index (χ0n) is 17.9. The number of nitrogens with one attached hydrogen (secondary N) is 1. The molecule has 1 N–H and O–H groups in total. The first kappa shape index (κ1) is 23.0. The molecule has 2 rings (SSSR count). The predicted molar refractivity (Wildman–Crippen MR) is 122 cm³/mol. The number of nitrogens with zero attached hydrogens (tertiary/aromatic N) is 1. The van der Waals surface area contributed by atoms with Crippen LogP contribution in [0, 0.1) is 6.92 Å². The van der Waals surface area contributed by atoms with Crippen LogP contribution < -0.4 is 5.32 Å². The smallest absolute Gasteiger partial charge is 0.243 e. The summed E-state index contributed by atoms with van der Waals surface area (Å²) in [6.07, 6.45) is 0.583. The van der Waals surface area contributed by atoms with Crippen molar-refractivity contribution in [1.82, 2.24) is 10.2 Å². The average Bonchev–Trinajstić information content (AvgIpc) is 2.68. The molecule has 0 aromatic heterocycles. The predicted octanol–water partition coefficient (Wildman–Crippen LogP) is 4.56. The van der Waals surface area contributed by atoms with Gasteiger partial charge < -0.3 is 10.2 Å². The first-order valence-electron chi connectivity index (χ1n) is 10.2. The van der Waals surface area contributed by atoms with Crippen LogP contribution in [-0.2, 0) is 21.9 Å². The third-order valence-corrected chi connectivity index (χ3v) is 5.58. The van der Waals surface area contributed by atoms with E-state index >= 15 is 0 Å². The quantitative estimate of drug-likeness (QED) is 0.622. The van der Waals surface area contributed by atoms with Gasteiger partial charge in [-0.1, -0.05) is 67.1 Å². The molecule has 29 heavy (non-hydrogen) atoms. The van der Waals surface area contributed by atoms with Gasteiger partial charge in [0.1, 0.15) is 6.04 Å². The SMILES string of the molecule is CCC(C(=O)NC(C)C)N(Cc1ccccc1)C(=O)CSCc1cccc(C)c1. The molecule has 0 saturated carbocycles. The maximum absolute atomic E-state index is 13.1. The summed E-state index contributed by atoms with van der Waals surface area (Å²) in [6, 6.07) is 17.8. The Bertz CT molecular complexity index is 792. The molecular formula is C24H32N2O2S. The van der Waals surface area contributed by atoms with Gasteiger partial charge in [-0.2, -0.15) is 0 Å². The van der Waals surface area contributed by atoms with Gasteiger partial charge in [0.25, 0.3) is 0 Å². The van der Waals surface area contributed by atoms with Gasteiger partial charge in [-0.25, -0.2) is 0 Å². The number of carbonyl (C=O) groups excluding carboxylic acids is 2. The van der Waals surface area contributed by atoms with E-state index in [0.717, 1.165) is 11.3 Å². The van der Waals surface area contributed by atoms with Crippen molar-refractivity contribution in [3.63, 3.8) is 0 Å². The molecule has 0 aliphatic carbocycles. The van der Waals surface area contributed by atoms with E-state index in [9.17, 15) is 9.59 Å². The van der Waals surface area contributed by atoms with Crippen molar-refractivity contribution >= 4 is 23.6 Å². The molecule has 1 atom stereocenters. The van der Waals surface area contributed by atoms with Gasteiger partial charge in [0.15, 0.2) is 0 Å². The summed E-state index contributed by atoms with van der Waals surface area (Å²) in [5.74, 6) is 1.04. The fourth-order valence-electron chi connectivity index (χ4n) is 3.22. The molecule has 1 unspecified atom stereocenters. The highest BCUT2D eigenvalue weighted by Gasteiger charge is 2.28. The van der Waals surface area contributed by atoms with E-state index in [0.29, 0.717) is 18.7 Å². The number of benzene rings is 2. The van der Waals surface area contributed by atoms with Crippen molar-refractivity contribution in [3.8, 4) is 0 Å². The van der Waals surface area contributed by atoms with Crippen molar-refractivity contribution in [1.29, 1.82) is 0 Å². The highest BCUT2D eigenvalue weighted by molar-refractivity contribution is 7.99. The first-order chi connectivity index (χ1) is 13.9. The first-order valence-corrected chi connectivity index (χ1v) is 11.3. The van der Waals surface area contributed by atoms with Crippen molar-refractivity contribution in [2.75, 3.05) is 5.75 Å². The van der Waals surface area contributed by atoms with Gasteiger partial charge in [0, 0.05) is 18.3 Å². The van der Waals surface area contributed by atoms with Gasteiger partial charge in [-0.3, -0.25) is 9.59 Å². The minimum atomic E-state index is -0.468. The molecule has 0 aliphatic heterocycles. The fourth-order valence-corrected chi connectivity index (χ4v) is 4.08. The Balaban J connectivity index is 2.09. The molecule has 0 bridgehead atoms. The molecule has 0 saturated heterocycles. The minimum absolute atomic E-state index is 0.00253. The number of hydrogen-bond donors (Lipinski definition) is 1. The van der Waals surface area contributed by atoms with Gasteiger partial charge in [0.05, 0.1) is 5.75 Å². The van der Waals surface area contributed by atoms with Crippen molar-refractivity contribution in [3.05, 3.63) is 71.3 Å². The summed E-state index contributed by atoms with van der Waals surface area (Å²) < 4.78 is 0. The second-order valence-electron chi connectivity index (χ2n) is 7.58. The third kappa shape index (κ3) is 7.58. The molecular weight excluding hydrogens is 380 g/mol. The Morgan fingerprint density at radius 3 is 2.34 bits per heavy atom. The fraction of sp³-hybridized carbons (Fsp3) is 0.417. The van der Waals surface area contributed by atoms with Crippen LogP contribution in [0.3, 0.4) is 0 Å². The molecule has 4 nitrogen and oxygen atoms in total. The van der Waals surface area contributed by atoms with E-state index < -0.39 is 6.04 Å². The lowest BCUT2D eigenvalue weighted by molar-refractivity contribution is -0.139. The third-order valence-electron chi connectivity index (χ3n) is 4.59. The number of aryl methyl sites for hydroxylation is 1. The van der Waals surface area contributed by atoms with E-state index in [4.69, 9.17) is 0 Å². The number of thioether (sulfide) groups is 1. The van der Waals surface area contributed by atoms with Crippen LogP contribution >= 0.6 is 11.8 Å². The van der Waals surface area contributed by atoms with Crippen LogP contribution in [0.15, 0.2) is 54.6 Å². The van der Waals surface area contributed by atoms with Gasteiger partial charge in [-0.05, 0) is 38.3 Å². The molecule has 2 aromatic rings. The normalized spacial score (nSPS) is 11.9. The number of carbonyl (C=O) groups is 2. The topological polar surface area (TPSA) is 49.4 Å². The van der Waals surface area contributed by atoms with Crippen molar-refractivity contribution < 1.29 is 9.59 Å². The van der Waals surface area contributed by atoms with Gasteiger partial charge in [-0.15, -0.1) is 11.8 Å². The largest absolute Gasteiger partial charge is 0.352 e. The standard InChI is InChI=1S/C24H32N2O2S/c1-5-22(24(28)25-18(2)3)26(15-20-11-7-6-8-12-20)23(27)17-29-16-21-13-9-10-19(4)14-21/h6-14,18,22H,5,15-17H2,1-4H3,(H,25,28). The molecule has 2 aromatic carbocycles. The highest BCUT2D eigenvalue weighted by atomic mass is 32.2. The molecule has 0 aliphatic rings. The van der Waals surface area contributed by atoms with Crippen LogP contribution in [-0.4, -0.2) is 34.6 Å². The Kier molecular flexibility index (Phi) is 9.26. The van der Waals surface area contributed by atoms with Crippen LogP contribution in [0.4, 0.5) is 0 Å². The monoisotopic (exact) mass is 412 g/mol. The zero-order valence-corrected chi connectivity index (χ0v) is 18.7. The number of hydrogen-bond acceptors (Lipinski definition) is 3. The lowest BCUT2D eigenvalue weighted by Crippen LogP contribution is -2.50. The van der Waals surface area contributed by atoms with E-state index in [2.05, 4.69) is 30.4 Å². The summed E-state index contributed by atoms with van der Waals surface area (Å²) in [7, 11) is 0. The Morgan fingerprint density at radius 1 is 1.03 bits per heavy atom. The summed E-state index contributed by atoms with van der Waals surface area (Å²) in [4.78, 5) is 27.6. The van der Waals surface area contributed by atoms with Crippen LogP contribution in [0.2, 0.25) is 0 Å². The summed E-state index contributed by atoms with van der Waals surface area (Å²) in [6.45, 7) is 8.34. The number of amides is 2. The van der Waals surface area contributed by atoms with E-state index in [1.807, 2.05) is 57.2 Å². The lowest BCUT2D eigenvalue weighted by atomic mass is 10.1. The molecule has 0 radical (unpaired) electrons. The molecule has 0 heterocycles. The van der Waals surface area contributed by atoms with E-state index in [1.165, 1.54) is 11.1 Å². The number of rotatable bonds is 10. The maximum atomic E-state index is 13.1. The Hall–Kier alpha value is -2.27. The van der Waals surface area contributed by atoms with Crippen LogP contribution in [0.1, 0.15) is 43.9 Å². The van der Waals surface area contributed by atoms with E-state index in [1.54, 1.807) is 16.7 Å². The molecule has 5 heteroatoms. The highest BCUT2D eigenvalue weighted by Crippen LogP contribution is 2.18. The summed E-state index contributed by atoms with van der Waals surface area (Å²) >= 11 is 1.59. The minimum Gasteiger partial charge on any atom is -0.352 e. The Labute approximate surface area is 179 Å². The Morgan fingerprint density at radius 2 is 1.72 bits per heavy atom. The second kappa shape index (κ2) is 11.7. The second-order valence-corrected chi connectivity index (χ2v) is 8.56. The van der Waals surface area contributed by atoms with Crippen LogP contribution in [0.25, 0.3) is 0 Å². The molecule has 0 spiro atoms. The van der Waals surface area contributed by atoms with E-state index in [-0.39, 0.29) is 17.9 Å². The molecule has 2 amide bonds.